The molecule has 1 aliphatic rings. The maximum absolute atomic E-state index is 10.9. The summed E-state index contributed by atoms with van der Waals surface area (Å²) < 4.78 is 0. The smallest absolute Gasteiger partial charge is 0.335 e. The van der Waals surface area contributed by atoms with Gasteiger partial charge in [-0.05, 0) is 30.5 Å². The molecule has 2 N–H and O–H groups in total. The van der Waals surface area contributed by atoms with E-state index in [2.05, 4.69) is 10.5 Å². The van der Waals surface area contributed by atoms with Crippen molar-refractivity contribution in [2.24, 2.45) is 4.99 Å². The Labute approximate surface area is 132 Å². The summed E-state index contributed by atoms with van der Waals surface area (Å²) in [5.74, 6) is -0.355. The van der Waals surface area contributed by atoms with Crippen LogP contribution in [-0.2, 0) is 4.84 Å². The molecular formula is C16H14N2O3S. The first-order valence-electron chi connectivity index (χ1n) is 6.64. The molecule has 0 fully saturated rings. The second-order valence-electron chi connectivity index (χ2n) is 4.71. The van der Waals surface area contributed by atoms with E-state index < -0.39 is 12.2 Å². The zero-order valence-corrected chi connectivity index (χ0v) is 12.6. The van der Waals surface area contributed by atoms with Crippen LogP contribution in [0.15, 0.2) is 58.4 Å². The number of nitrogens with zero attached hydrogens (tertiary/aromatic N) is 1. The Morgan fingerprint density at radius 2 is 1.86 bits per heavy atom. The highest BCUT2D eigenvalue weighted by atomic mass is 32.2. The lowest BCUT2D eigenvalue weighted by Crippen LogP contribution is -2.18. The van der Waals surface area contributed by atoms with Gasteiger partial charge < -0.3 is 5.11 Å². The molecule has 0 radical (unpaired) electrons. The molecule has 1 unspecified atom stereocenters. The van der Waals surface area contributed by atoms with Gasteiger partial charge in [0.25, 0.3) is 0 Å². The zero-order valence-electron chi connectivity index (χ0n) is 11.8. The maximum atomic E-state index is 10.9. The number of nitrogens with one attached hydrogen (secondary N) is 1. The molecule has 1 atom stereocenters. The van der Waals surface area contributed by atoms with Crippen molar-refractivity contribution in [2.45, 2.75) is 11.1 Å². The van der Waals surface area contributed by atoms with E-state index in [1.807, 2.05) is 30.5 Å². The number of hydrogen-bond donors (Lipinski definition) is 2. The standard InChI is InChI=1S/C16H14N2O3S/c1-22-13-8-6-11(7-9-13)15-17-14(18-21-15)10-2-4-12(5-3-10)16(19)20/h2-9,15H,1H3,(H,17,18)(H,19,20). The average Bonchev–Trinajstić information content (AvgIpc) is 3.05. The summed E-state index contributed by atoms with van der Waals surface area (Å²) >= 11 is 1.68. The third-order valence-corrected chi connectivity index (χ3v) is 4.06. The minimum atomic E-state index is -0.948. The Kier molecular flexibility index (Phi) is 4.13. The molecule has 1 heterocycles. The Morgan fingerprint density at radius 1 is 1.18 bits per heavy atom. The number of carboxylic acids is 1. The number of benzene rings is 2. The molecule has 0 saturated carbocycles. The number of rotatable bonds is 4. The monoisotopic (exact) mass is 314 g/mol. The van der Waals surface area contributed by atoms with Gasteiger partial charge in [0.05, 0.1) is 5.56 Å². The molecule has 1 aliphatic heterocycles. The number of aromatic carboxylic acids is 1. The van der Waals surface area contributed by atoms with E-state index in [0.717, 1.165) is 11.1 Å². The fourth-order valence-electron chi connectivity index (χ4n) is 2.10. The van der Waals surface area contributed by atoms with Crippen molar-refractivity contribution in [1.29, 1.82) is 0 Å². The highest BCUT2D eigenvalue weighted by Crippen LogP contribution is 2.25. The fraction of sp³-hybridized carbons (Fsp3) is 0.125. The van der Waals surface area contributed by atoms with Gasteiger partial charge in [-0.15, -0.1) is 11.8 Å². The molecule has 0 bridgehead atoms. The maximum Gasteiger partial charge on any atom is 0.335 e. The van der Waals surface area contributed by atoms with Gasteiger partial charge in [0, 0.05) is 16.0 Å². The van der Waals surface area contributed by atoms with E-state index in [9.17, 15) is 4.79 Å². The molecule has 3 rings (SSSR count). The number of aliphatic imine (C=N–C) groups is 1. The largest absolute Gasteiger partial charge is 0.478 e. The minimum absolute atomic E-state index is 0.243. The molecule has 0 aliphatic carbocycles. The van der Waals surface area contributed by atoms with Crippen LogP contribution in [0.1, 0.15) is 27.7 Å². The molecule has 6 heteroatoms. The SMILES string of the molecule is CSc1ccc(C2N=C(c3ccc(C(=O)O)cc3)NO2)cc1. The van der Waals surface area contributed by atoms with Crippen molar-refractivity contribution in [3.63, 3.8) is 0 Å². The van der Waals surface area contributed by atoms with Gasteiger partial charge in [-0.3, -0.25) is 0 Å². The lowest BCUT2D eigenvalue weighted by atomic mass is 10.1. The Hall–Kier alpha value is -2.31. The molecule has 2 aromatic rings. The summed E-state index contributed by atoms with van der Waals surface area (Å²) in [6.07, 6.45) is 1.63. The molecule has 0 amide bonds. The van der Waals surface area contributed by atoms with Gasteiger partial charge in [0.15, 0.2) is 5.84 Å². The first-order valence-corrected chi connectivity index (χ1v) is 7.87. The van der Waals surface area contributed by atoms with Crippen LogP contribution in [0.5, 0.6) is 0 Å². The summed E-state index contributed by atoms with van der Waals surface area (Å²) in [4.78, 5) is 22.0. The highest BCUT2D eigenvalue weighted by molar-refractivity contribution is 7.98. The van der Waals surface area contributed by atoms with Crippen molar-refractivity contribution >= 4 is 23.6 Å². The third kappa shape index (κ3) is 2.98. The number of carboxylic acid groups (broad SMARTS) is 1. The quantitative estimate of drug-likeness (QED) is 0.849. The summed E-state index contributed by atoms with van der Waals surface area (Å²) in [5.41, 5.74) is 4.79. The van der Waals surface area contributed by atoms with Crippen LogP contribution in [0, 0.1) is 0 Å². The van der Waals surface area contributed by atoms with Crippen LogP contribution in [0.25, 0.3) is 0 Å². The predicted octanol–water partition coefficient (Wildman–Crippen LogP) is 3.09. The number of hydrogen-bond acceptors (Lipinski definition) is 5. The molecule has 22 heavy (non-hydrogen) atoms. The van der Waals surface area contributed by atoms with Crippen molar-refractivity contribution < 1.29 is 14.7 Å². The van der Waals surface area contributed by atoms with E-state index in [1.165, 1.54) is 4.90 Å². The van der Waals surface area contributed by atoms with Crippen molar-refractivity contribution in [3.05, 3.63) is 65.2 Å². The lowest BCUT2D eigenvalue weighted by molar-refractivity contribution is 0.0376. The van der Waals surface area contributed by atoms with E-state index in [1.54, 1.807) is 36.0 Å². The first kappa shape index (κ1) is 14.6. The molecule has 0 spiro atoms. The summed E-state index contributed by atoms with van der Waals surface area (Å²) in [6, 6.07) is 14.5. The normalized spacial score (nSPS) is 17.0. The Bertz CT molecular complexity index is 711. The van der Waals surface area contributed by atoms with Gasteiger partial charge in [0.2, 0.25) is 6.23 Å². The number of amidine groups is 1. The third-order valence-electron chi connectivity index (χ3n) is 3.32. The summed E-state index contributed by atoms with van der Waals surface area (Å²) in [6.45, 7) is 0. The van der Waals surface area contributed by atoms with Crippen molar-refractivity contribution in [2.75, 3.05) is 6.26 Å². The molecule has 112 valence electrons. The van der Waals surface area contributed by atoms with Crippen LogP contribution in [0.4, 0.5) is 0 Å². The number of hydroxylamine groups is 1. The van der Waals surface area contributed by atoms with Gasteiger partial charge in [-0.2, -0.15) is 0 Å². The van der Waals surface area contributed by atoms with Crippen LogP contribution >= 0.6 is 11.8 Å². The van der Waals surface area contributed by atoms with Gasteiger partial charge in [0.1, 0.15) is 0 Å². The molecule has 0 aromatic heterocycles. The van der Waals surface area contributed by atoms with Crippen molar-refractivity contribution in [3.8, 4) is 0 Å². The highest BCUT2D eigenvalue weighted by Gasteiger charge is 2.20. The van der Waals surface area contributed by atoms with Crippen molar-refractivity contribution in [1.82, 2.24) is 5.48 Å². The minimum Gasteiger partial charge on any atom is -0.478 e. The zero-order chi connectivity index (χ0) is 15.5. The van der Waals surface area contributed by atoms with E-state index in [-0.39, 0.29) is 5.56 Å². The number of thioether (sulfide) groups is 1. The predicted molar refractivity (Wildman–Crippen MR) is 85.1 cm³/mol. The molecule has 5 nitrogen and oxygen atoms in total. The first-order chi connectivity index (χ1) is 10.7. The summed E-state index contributed by atoms with van der Waals surface area (Å²) in [7, 11) is 0. The molecule has 0 saturated heterocycles. The fourth-order valence-corrected chi connectivity index (χ4v) is 2.51. The molecule has 2 aromatic carbocycles. The van der Waals surface area contributed by atoms with E-state index in [4.69, 9.17) is 9.94 Å². The van der Waals surface area contributed by atoms with Gasteiger partial charge in [-0.25, -0.2) is 20.1 Å². The topological polar surface area (TPSA) is 70.9 Å². The van der Waals surface area contributed by atoms with Gasteiger partial charge >= 0.3 is 5.97 Å². The lowest BCUT2D eigenvalue weighted by Gasteiger charge is -2.06. The molecular weight excluding hydrogens is 300 g/mol. The Balaban J connectivity index is 1.79. The van der Waals surface area contributed by atoms with Crippen LogP contribution in [0.2, 0.25) is 0 Å². The van der Waals surface area contributed by atoms with Gasteiger partial charge in [-0.1, -0.05) is 24.3 Å². The average molecular weight is 314 g/mol. The Morgan fingerprint density at radius 3 is 2.45 bits per heavy atom. The second-order valence-corrected chi connectivity index (χ2v) is 5.59. The van der Waals surface area contributed by atoms with Crippen LogP contribution in [-0.4, -0.2) is 23.2 Å². The van der Waals surface area contributed by atoms with E-state index in [0.29, 0.717) is 5.84 Å². The van der Waals surface area contributed by atoms with E-state index >= 15 is 0 Å². The summed E-state index contributed by atoms with van der Waals surface area (Å²) in [5, 5.41) is 8.90. The number of carbonyl (C=O) groups is 1. The second kappa shape index (κ2) is 6.21. The van der Waals surface area contributed by atoms with Crippen LogP contribution < -0.4 is 5.48 Å². The van der Waals surface area contributed by atoms with Crippen LogP contribution in [0.3, 0.4) is 0 Å².